The molecule has 0 saturated carbocycles. The molecule has 3 heterocycles. The smallest absolute Gasteiger partial charge is 0.276 e. The molecule has 0 N–H and O–H groups in total. The van der Waals surface area contributed by atoms with Crippen LogP contribution < -0.4 is 0 Å². The van der Waals surface area contributed by atoms with Crippen LogP contribution in [0, 0.1) is 6.92 Å². The number of amides is 1. The minimum Gasteiger partial charge on any atom is -0.361 e. The lowest BCUT2D eigenvalue weighted by Crippen LogP contribution is -2.41. The average Bonchev–Trinajstić information content (AvgIpc) is 3.15. The predicted molar refractivity (Wildman–Crippen MR) is 81.7 cm³/mol. The van der Waals surface area contributed by atoms with Gasteiger partial charge in [0.1, 0.15) is 11.6 Å². The normalized spacial score (nSPS) is 18.9. The van der Waals surface area contributed by atoms with Gasteiger partial charge in [0, 0.05) is 37.5 Å². The van der Waals surface area contributed by atoms with Crippen molar-refractivity contribution in [3.8, 4) is 0 Å². The molecule has 22 heavy (non-hydrogen) atoms. The third kappa shape index (κ3) is 2.77. The number of imidazole rings is 1. The Kier molecular flexibility index (Phi) is 4.00. The lowest BCUT2D eigenvalue weighted by Gasteiger charge is -2.34. The number of carbonyl (C=O) groups is 1. The van der Waals surface area contributed by atoms with Crippen molar-refractivity contribution in [2.24, 2.45) is 0 Å². The Morgan fingerprint density at radius 2 is 2.27 bits per heavy atom. The molecule has 0 radical (unpaired) electrons. The Morgan fingerprint density at radius 1 is 1.45 bits per heavy atom. The minimum absolute atomic E-state index is 0.0484. The highest BCUT2D eigenvalue weighted by molar-refractivity contribution is 5.92. The largest absolute Gasteiger partial charge is 0.361 e. The van der Waals surface area contributed by atoms with Gasteiger partial charge in [0.05, 0.1) is 6.04 Å². The summed E-state index contributed by atoms with van der Waals surface area (Å²) >= 11 is 0. The van der Waals surface area contributed by atoms with Crippen molar-refractivity contribution in [1.29, 1.82) is 0 Å². The zero-order valence-corrected chi connectivity index (χ0v) is 13.3. The van der Waals surface area contributed by atoms with E-state index >= 15 is 0 Å². The van der Waals surface area contributed by atoms with Gasteiger partial charge in [-0.1, -0.05) is 19.0 Å². The molecule has 2 aromatic heterocycles. The molecule has 1 amide bonds. The van der Waals surface area contributed by atoms with Crippen LogP contribution in [0.3, 0.4) is 0 Å². The zero-order chi connectivity index (χ0) is 15.7. The zero-order valence-electron chi connectivity index (χ0n) is 13.3. The van der Waals surface area contributed by atoms with Gasteiger partial charge in [-0.25, -0.2) is 4.98 Å². The van der Waals surface area contributed by atoms with Crippen LogP contribution in [0.2, 0.25) is 0 Å². The van der Waals surface area contributed by atoms with Crippen LogP contribution in [0.5, 0.6) is 0 Å². The number of aromatic nitrogens is 3. The molecule has 1 atom stereocenters. The third-order valence-corrected chi connectivity index (χ3v) is 4.14. The van der Waals surface area contributed by atoms with Gasteiger partial charge >= 0.3 is 0 Å². The SMILES string of the molecule is Cc1cc(C(=O)N2CCC[C@H](n3ccnc3C(C)C)C2)no1. The van der Waals surface area contributed by atoms with Crippen molar-refractivity contribution in [3.05, 3.63) is 35.7 Å². The van der Waals surface area contributed by atoms with Gasteiger partial charge in [-0.05, 0) is 19.8 Å². The topological polar surface area (TPSA) is 64.2 Å². The number of piperidine rings is 1. The Labute approximate surface area is 130 Å². The lowest BCUT2D eigenvalue weighted by atomic mass is 10.0. The maximum absolute atomic E-state index is 12.5. The summed E-state index contributed by atoms with van der Waals surface area (Å²) in [6.07, 6.45) is 5.92. The second kappa shape index (κ2) is 5.94. The molecule has 6 nitrogen and oxygen atoms in total. The monoisotopic (exact) mass is 302 g/mol. The minimum atomic E-state index is -0.0484. The molecule has 1 aliphatic heterocycles. The molecule has 1 aliphatic rings. The highest BCUT2D eigenvalue weighted by atomic mass is 16.5. The summed E-state index contributed by atoms with van der Waals surface area (Å²) in [5, 5.41) is 3.84. The van der Waals surface area contributed by atoms with Gasteiger partial charge in [-0.3, -0.25) is 4.79 Å². The van der Waals surface area contributed by atoms with Crippen LogP contribution in [0.25, 0.3) is 0 Å². The second-order valence-electron chi connectivity index (χ2n) is 6.22. The summed E-state index contributed by atoms with van der Waals surface area (Å²) < 4.78 is 7.23. The van der Waals surface area contributed by atoms with E-state index in [2.05, 4.69) is 28.6 Å². The molecule has 2 aromatic rings. The van der Waals surface area contributed by atoms with E-state index in [-0.39, 0.29) is 11.9 Å². The van der Waals surface area contributed by atoms with E-state index in [1.54, 1.807) is 13.0 Å². The van der Waals surface area contributed by atoms with E-state index in [1.165, 1.54) is 0 Å². The fourth-order valence-corrected chi connectivity index (χ4v) is 3.08. The van der Waals surface area contributed by atoms with E-state index in [9.17, 15) is 4.79 Å². The Morgan fingerprint density at radius 3 is 2.95 bits per heavy atom. The summed E-state index contributed by atoms with van der Waals surface area (Å²) in [5.74, 6) is 2.07. The fraction of sp³-hybridized carbons (Fsp3) is 0.562. The molecule has 0 spiro atoms. The van der Waals surface area contributed by atoms with Crippen LogP contribution in [-0.2, 0) is 0 Å². The molecule has 0 unspecified atom stereocenters. The summed E-state index contributed by atoms with van der Waals surface area (Å²) in [7, 11) is 0. The third-order valence-electron chi connectivity index (χ3n) is 4.14. The molecular weight excluding hydrogens is 280 g/mol. The van der Waals surface area contributed by atoms with E-state index in [1.807, 2.05) is 17.3 Å². The summed E-state index contributed by atoms with van der Waals surface area (Å²) in [4.78, 5) is 18.9. The van der Waals surface area contributed by atoms with Crippen molar-refractivity contribution in [1.82, 2.24) is 19.6 Å². The van der Waals surface area contributed by atoms with Crippen LogP contribution >= 0.6 is 0 Å². The Bertz CT molecular complexity index is 659. The maximum Gasteiger partial charge on any atom is 0.276 e. The number of rotatable bonds is 3. The van der Waals surface area contributed by atoms with Gasteiger partial charge in [0.25, 0.3) is 5.91 Å². The Hall–Kier alpha value is -2.11. The lowest BCUT2D eigenvalue weighted by molar-refractivity contribution is 0.0667. The molecule has 0 aromatic carbocycles. The number of likely N-dealkylation sites (tertiary alicyclic amines) is 1. The number of hydrogen-bond acceptors (Lipinski definition) is 4. The molecule has 118 valence electrons. The number of hydrogen-bond donors (Lipinski definition) is 0. The first-order valence-corrected chi connectivity index (χ1v) is 7.81. The second-order valence-corrected chi connectivity index (χ2v) is 6.22. The van der Waals surface area contributed by atoms with E-state index in [0.29, 0.717) is 23.9 Å². The Balaban J connectivity index is 1.77. The summed E-state index contributed by atoms with van der Waals surface area (Å²) in [5.41, 5.74) is 0.396. The maximum atomic E-state index is 12.5. The molecule has 0 bridgehead atoms. The summed E-state index contributed by atoms with van der Waals surface area (Å²) in [6.45, 7) is 7.54. The highest BCUT2D eigenvalue weighted by Gasteiger charge is 2.28. The quantitative estimate of drug-likeness (QED) is 0.874. The van der Waals surface area contributed by atoms with Crippen LogP contribution in [-0.4, -0.2) is 38.6 Å². The first kappa shape index (κ1) is 14.8. The standard InChI is InChI=1S/C16H22N4O2/c1-11(2)15-17-6-8-20(15)13-5-4-7-19(10-13)16(21)14-9-12(3)22-18-14/h6,8-9,11,13H,4-5,7,10H2,1-3H3/t13-/m0/s1. The molecule has 1 fully saturated rings. The number of carbonyl (C=O) groups excluding carboxylic acids is 1. The molecule has 1 saturated heterocycles. The van der Waals surface area contributed by atoms with Gasteiger partial charge in [-0.2, -0.15) is 0 Å². The van der Waals surface area contributed by atoms with Crippen molar-refractivity contribution in [3.63, 3.8) is 0 Å². The van der Waals surface area contributed by atoms with Gasteiger partial charge < -0.3 is 14.0 Å². The fourth-order valence-electron chi connectivity index (χ4n) is 3.08. The van der Waals surface area contributed by atoms with E-state index in [0.717, 1.165) is 25.2 Å². The van der Waals surface area contributed by atoms with Crippen LogP contribution in [0.4, 0.5) is 0 Å². The van der Waals surface area contributed by atoms with Crippen LogP contribution in [0.15, 0.2) is 23.0 Å². The predicted octanol–water partition coefficient (Wildman–Crippen LogP) is 2.78. The van der Waals surface area contributed by atoms with Crippen molar-refractivity contribution in [2.45, 2.75) is 45.6 Å². The van der Waals surface area contributed by atoms with Crippen molar-refractivity contribution >= 4 is 5.91 Å². The summed E-state index contributed by atoms with van der Waals surface area (Å²) in [6, 6.07) is 1.98. The van der Waals surface area contributed by atoms with Crippen LogP contribution in [0.1, 0.15) is 60.7 Å². The van der Waals surface area contributed by atoms with Crippen molar-refractivity contribution < 1.29 is 9.32 Å². The van der Waals surface area contributed by atoms with Gasteiger partial charge in [-0.15, -0.1) is 0 Å². The average molecular weight is 302 g/mol. The van der Waals surface area contributed by atoms with Gasteiger partial charge in [0.2, 0.25) is 0 Å². The van der Waals surface area contributed by atoms with Gasteiger partial charge in [0.15, 0.2) is 5.69 Å². The molecular formula is C16H22N4O2. The number of nitrogens with zero attached hydrogens (tertiary/aromatic N) is 4. The van der Waals surface area contributed by atoms with E-state index in [4.69, 9.17) is 4.52 Å². The molecule has 6 heteroatoms. The first-order chi connectivity index (χ1) is 10.6. The molecule has 3 rings (SSSR count). The van der Waals surface area contributed by atoms with E-state index < -0.39 is 0 Å². The first-order valence-electron chi connectivity index (χ1n) is 7.81. The highest BCUT2D eigenvalue weighted by Crippen LogP contribution is 2.26. The molecule has 0 aliphatic carbocycles. The number of aryl methyl sites for hydroxylation is 1. The van der Waals surface area contributed by atoms with Crippen molar-refractivity contribution in [2.75, 3.05) is 13.1 Å².